The standard InChI is InChI=1S/C21H26Cl2N4O.ClH/c1-3-25-9-17-18(10-25)19(17)11-27(8-14-5-15(22)7-16(23)6-14)21(28)20-12-26(4-2)13-24-20;/h5-7,12-13,17-19H,3-4,8-11H2,1-2H3;1H. The molecule has 2 fully saturated rings. The molecule has 1 saturated carbocycles. The molecule has 4 rings (SSSR count). The van der Waals surface area contributed by atoms with Crippen LogP contribution in [0.3, 0.4) is 0 Å². The van der Waals surface area contributed by atoms with Crippen molar-refractivity contribution in [3.8, 4) is 0 Å². The molecule has 5 nitrogen and oxygen atoms in total. The van der Waals surface area contributed by atoms with Gasteiger partial charge in [-0.25, -0.2) is 4.98 Å². The summed E-state index contributed by atoms with van der Waals surface area (Å²) in [6.07, 6.45) is 3.54. The van der Waals surface area contributed by atoms with Crippen molar-refractivity contribution in [3.05, 3.63) is 52.0 Å². The first kappa shape index (κ1) is 22.4. The highest BCUT2D eigenvalue weighted by Crippen LogP contribution is 2.52. The van der Waals surface area contributed by atoms with Gasteiger partial charge in [0.25, 0.3) is 5.91 Å². The van der Waals surface area contributed by atoms with Gasteiger partial charge in [-0.1, -0.05) is 30.1 Å². The van der Waals surface area contributed by atoms with Crippen LogP contribution < -0.4 is 0 Å². The van der Waals surface area contributed by atoms with Crippen LogP contribution in [-0.2, 0) is 13.1 Å². The molecule has 2 unspecified atom stereocenters. The zero-order valence-corrected chi connectivity index (χ0v) is 19.1. The van der Waals surface area contributed by atoms with E-state index < -0.39 is 0 Å². The van der Waals surface area contributed by atoms with Crippen LogP contribution in [0.2, 0.25) is 10.0 Å². The Bertz CT molecular complexity index is 839. The number of piperidine rings is 1. The molecule has 29 heavy (non-hydrogen) atoms. The maximum Gasteiger partial charge on any atom is 0.274 e. The van der Waals surface area contributed by atoms with E-state index in [1.807, 2.05) is 34.7 Å². The summed E-state index contributed by atoms with van der Waals surface area (Å²) in [5, 5.41) is 1.18. The number of likely N-dealkylation sites (tertiary alicyclic amines) is 1. The fraction of sp³-hybridized carbons (Fsp3) is 0.524. The van der Waals surface area contributed by atoms with Gasteiger partial charge in [0.15, 0.2) is 0 Å². The van der Waals surface area contributed by atoms with E-state index >= 15 is 0 Å². The second-order valence-corrected chi connectivity index (χ2v) is 8.77. The Morgan fingerprint density at radius 1 is 1.14 bits per heavy atom. The lowest BCUT2D eigenvalue weighted by Crippen LogP contribution is -2.35. The Labute approximate surface area is 188 Å². The van der Waals surface area contributed by atoms with Crippen molar-refractivity contribution < 1.29 is 4.79 Å². The van der Waals surface area contributed by atoms with Crippen molar-refractivity contribution in [2.24, 2.45) is 17.8 Å². The SMILES string of the molecule is CCN1CC2C(C1)C2CN(Cc1cc(Cl)cc(Cl)c1)C(=O)c1cn(CC)cn1.Cl. The van der Waals surface area contributed by atoms with Crippen LogP contribution in [0.4, 0.5) is 0 Å². The summed E-state index contributed by atoms with van der Waals surface area (Å²) in [5.41, 5.74) is 1.44. The fourth-order valence-corrected chi connectivity index (χ4v) is 5.04. The number of imidazole rings is 1. The molecule has 1 aliphatic heterocycles. The van der Waals surface area contributed by atoms with Crippen LogP contribution in [0, 0.1) is 17.8 Å². The average molecular weight is 458 g/mol. The Balaban J connectivity index is 0.00000240. The summed E-state index contributed by atoms with van der Waals surface area (Å²) in [6, 6.07) is 5.47. The number of carbonyl (C=O) groups is 1. The summed E-state index contributed by atoms with van der Waals surface area (Å²) in [5.74, 6) is 1.98. The highest BCUT2D eigenvalue weighted by Gasteiger charge is 2.55. The lowest BCUT2D eigenvalue weighted by molar-refractivity contribution is 0.0719. The van der Waals surface area contributed by atoms with E-state index in [0.29, 0.717) is 40.0 Å². The van der Waals surface area contributed by atoms with Crippen LogP contribution in [-0.4, -0.2) is 51.4 Å². The topological polar surface area (TPSA) is 41.4 Å². The lowest BCUT2D eigenvalue weighted by Gasteiger charge is -2.25. The summed E-state index contributed by atoms with van der Waals surface area (Å²) in [6.45, 7) is 9.71. The Morgan fingerprint density at radius 3 is 2.34 bits per heavy atom. The first-order valence-electron chi connectivity index (χ1n) is 9.96. The number of aromatic nitrogens is 2. The number of fused-ring (bicyclic) bond motifs is 1. The Kier molecular flexibility index (Phi) is 7.15. The highest BCUT2D eigenvalue weighted by atomic mass is 35.5. The van der Waals surface area contributed by atoms with E-state index in [2.05, 4.69) is 16.8 Å². The maximum absolute atomic E-state index is 13.2. The predicted octanol–water partition coefficient (Wildman–Crippen LogP) is 4.47. The zero-order chi connectivity index (χ0) is 19.8. The molecule has 2 aromatic rings. The van der Waals surface area contributed by atoms with E-state index in [0.717, 1.165) is 38.3 Å². The molecule has 2 heterocycles. The van der Waals surface area contributed by atoms with Gasteiger partial charge >= 0.3 is 0 Å². The smallest absolute Gasteiger partial charge is 0.274 e. The van der Waals surface area contributed by atoms with Crippen LogP contribution in [0.1, 0.15) is 29.9 Å². The van der Waals surface area contributed by atoms with E-state index in [-0.39, 0.29) is 18.3 Å². The third-order valence-corrected chi connectivity index (χ3v) is 6.56. The van der Waals surface area contributed by atoms with Gasteiger partial charge in [-0.05, 0) is 55.0 Å². The number of hydrogen-bond donors (Lipinski definition) is 0. The second-order valence-electron chi connectivity index (χ2n) is 7.90. The first-order chi connectivity index (χ1) is 13.5. The van der Waals surface area contributed by atoms with Crippen molar-refractivity contribution in [2.75, 3.05) is 26.2 Å². The van der Waals surface area contributed by atoms with Crippen LogP contribution in [0.25, 0.3) is 0 Å². The van der Waals surface area contributed by atoms with Crippen molar-refractivity contribution >= 4 is 41.5 Å². The minimum absolute atomic E-state index is 0. The number of rotatable bonds is 7. The number of halogens is 3. The Hall–Kier alpha value is -1.27. The number of amides is 1. The van der Waals surface area contributed by atoms with Crippen LogP contribution in [0.15, 0.2) is 30.7 Å². The molecule has 1 amide bonds. The van der Waals surface area contributed by atoms with Gasteiger partial charge in [0.05, 0.1) is 6.33 Å². The van der Waals surface area contributed by atoms with Crippen molar-refractivity contribution in [2.45, 2.75) is 26.9 Å². The van der Waals surface area contributed by atoms with Gasteiger partial charge in [-0.2, -0.15) is 0 Å². The molecule has 8 heteroatoms. The molecule has 2 aliphatic rings. The fourth-order valence-electron chi connectivity index (χ4n) is 4.47. The first-order valence-corrected chi connectivity index (χ1v) is 10.7. The predicted molar refractivity (Wildman–Crippen MR) is 119 cm³/mol. The van der Waals surface area contributed by atoms with E-state index in [9.17, 15) is 4.79 Å². The van der Waals surface area contributed by atoms with E-state index in [1.54, 1.807) is 12.4 Å². The van der Waals surface area contributed by atoms with Gasteiger partial charge in [-0.3, -0.25) is 4.79 Å². The Morgan fingerprint density at radius 2 is 1.79 bits per heavy atom. The molecular formula is C21H27Cl3N4O. The third-order valence-electron chi connectivity index (χ3n) is 6.13. The lowest BCUT2D eigenvalue weighted by atomic mass is 10.1. The molecule has 158 valence electrons. The molecule has 1 aromatic carbocycles. The average Bonchev–Trinajstić information content (AvgIpc) is 3.07. The number of nitrogens with zero attached hydrogens (tertiary/aromatic N) is 4. The van der Waals surface area contributed by atoms with Crippen molar-refractivity contribution in [1.82, 2.24) is 19.4 Å². The second kappa shape index (κ2) is 9.25. The molecule has 1 saturated heterocycles. The molecule has 0 radical (unpaired) electrons. The summed E-state index contributed by atoms with van der Waals surface area (Å²) in [4.78, 5) is 22.0. The quantitative estimate of drug-likeness (QED) is 0.616. The summed E-state index contributed by atoms with van der Waals surface area (Å²) < 4.78 is 1.92. The number of aryl methyl sites for hydroxylation is 1. The number of carbonyl (C=O) groups excluding carboxylic acids is 1. The molecule has 0 spiro atoms. The molecule has 2 atom stereocenters. The largest absolute Gasteiger partial charge is 0.337 e. The minimum Gasteiger partial charge on any atom is -0.337 e. The maximum atomic E-state index is 13.2. The van der Waals surface area contributed by atoms with E-state index in [4.69, 9.17) is 23.2 Å². The monoisotopic (exact) mass is 456 g/mol. The van der Waals surface area contributed by atoms with Crippen LogP contribution in [0.5, 0.6) is 0 Å². The van der Waals surface area contributed by atoms with Crippen LogP contribution >= 0.6 is 35.6 Å². The molecule has 1 aliphatic carbocycles. The minimum atomic E-state index is -0.0272. The van der Waals surface area contributed by atoms with E-state index in [1.165, 1.54) is 0 Å². The molecular weight excluding hydrogens is 431 g/mol. The summed E-state index contributed by atoms with van der Waals surface area (Å²) in [7, 11) is 0. The van der Waals surface area contributed by atoms with Gasteiger partial charge < -0.3 is 14.4 Å². The summed E-state index contributed by atoms with van der Waals surface area (Å²) >= 11 is 12.3. The van der Waals surface area contributed by atoms with Gasteiger partial charge in [0.2, 0.25) is 0 Å². The highest BCUT2D eigenvalue weighted by molar-refractivity contribution is 6.34. The van der Waals surface area contributed by atoms with Gasteiger partial charge in [0.1, 0.15) is 5.69 Å². The zero-order valence-electron chi connectivity index (χ0n) is 16.7. The van der Waals surface area contributed by atoms with Crippen molar-refractivity contribution in [3.63, 3.8) is 0 Å². The third kappa shape index (κ3) is 4.91. The van der Waals surface area contributed by atoms with Gasteiger partial charge in [-0.15, -0.1) is 12.4 Å². The van der Waals surface area contributed by atoms with Gasteiger partial charge in [0, 0.05) is 49.0 Å². The number of hydrogen-bond acceptors (Lipinski definition) is 3. The molecule has 0 bridgehead atoms. The normalized spacial score (nSPS) is 22.8. The van der Waals surface area contributed by atoms with Crippen molar-refractivity contribution in [1.29, 1.82) is 0 Å². The molecule has 1 aromatic heterocycles. The number of benzene rings is 1. The molecule has 0 N–H and O–H groups in total.